The Morgan fingerprint density at radius 3 is 2.62 bits per heavy atom. The maximum absolute atomic E-state index is 12.9. The lowest BCUT2D eigenvalue weighted by Gasteiger charge is -2.36. The number of carbonyl (C=O) groups excluding carboxylic acids is 1. The summed E-state index contributed by atoms with van der Waals surface area (Å²) >= 11 is 6.06. The van der Waals surface area contributed by atoms with E-state index in [1.807, 2.05) is 0 Å². The van der Waals surface area contributed by atoms with E-state index < -0.39 is 18.0 Å². The second kappa shape index (κ2) is 5.63. The van der Waals surface area contributed by atoms with Crippen molar-refractivity contribution in [2.45, 2.75) is 19.0 Å². The number of rotatable bonds is 2. The third-order valence-electron chi connectivity index (χ3n) is 3.55. The van der Waals surface area contributed by atoms with E-state index in [9.17, 15) is 18.0 Å². The van der Waals surface area contributed by atoms with Gasteiger partial charge in [-0.3, -0.25) is 4.79 Å². The third-order valence-corrected chi connectivity index (χ3v) is 3.84. The molecule has 0 aromatic heterocycles. The van der Waals surface area contributed by atoms with Crippen molar-refractivity contribution in [1.82, 2.24) is 0 Å². The summed E-state index contributed by atoms with van der Waals surface area (Å²) in [5, 5.41) is 0.131. The normalized spacial score (nSPS) is 19.6. The van der Waals surface area contributed by atoms with Crippen molar-refractivity contribution < 1.29 is 18.0 Å². The molecule has 1 saturated heterocycles. The smallest absolute Gasteiger partial charge is 0.393 e. The monoisotopic (exact) mass is 321 g/mol. The minimum absolute atomic E-state index is 0.0443. The van der Waals surface area contributed by atoms with Gasteiger partial charge in [0.25, 0.3) is 5.91 Å². The van der Waals surface area contributed by atoms with Crippen molar-refractivity contribution in [2.75, 3.05) is 23.7 Å². The number of nitrogens with zero attached hydrogens (tertiary/aromatic N) is 1. The lowest BCUT2D eigenvalue weighted by molar-refractivity contribution is -0.175. The predicted octanol–water partition coefficient (Wildman–Crippen LogP) is 2.80. The fourth-order valence-corrected chi connectivity index (χ4v) is 2.92. The quantitative estimate of drug-likeness (QED) is 0.823. The maximum atomic E-state index is 12.9. The Balaban J connectivity index is 2.39. The number of alkyl halides is 3. The number of primary amides is 1. The van der Waals surface area contributed by atoms with E-state index in [1.54, 1.807) is 0 Å². The van der Waals surface area contributed by atoms with E-state index in [1.165, 1.54) is 17.0 Å². The lowest BCUT2D eigenvalue weighted by atomic mass is 9.96. The van der Waals surface area contributed by atoms with Crippen LogP contribution in [0.25, 0.3) is 0 Å². The zero-order chi connectivity index (χ0) is 15.8. The number of hydrogen-bond donors (Lipinski definition) is 2. The molecule has 1 unspecified atom stereocenters. The van der Waals surface area contributed by atoms with Gasteiger partial charge in [0, 0.05) is 18.8 Å². The topological polar surface area (TPSA) is 72.3 Å². The first-order valence-electron chi connectivity index (χ1n) is 6.40. The number of nitrogens with two attached hydrogens (primary N) is 2. The summed E-state index contributed by atoms with van der Waals surface area (Å²) in [5.74, 6) is -2.21. The number of carbonyl (C=O) groups is 1. The van der Waals surface area contributed by atoms with Crippen LogP contribution < -0.4 is 16.4 Å². The molecule has 0 aliphatic carbocycles. The molecule has 0 saturated carbocycles. The average Bonchev–Trinajstić information content (AvgIpc) is 2.36. The van der Waals surface area contributed by atoms with Crippen LogP contribution in [0.3, 0.4) is 0 Å². The Labute approximate surface area is 124 Å². The molecule has 1 aromatic carbocycles. The summed E-state index contributed by atoms with van der Waals surface area (Å²) in [5.41, 5.74) is 11.4. The number of nitrogen functional groups attached to an aromatic ring is 1. The van der Waals surface area contributed by atoms with Gasteiger partial charge in [0.15, 0.2) is 0 Å². The molecule has 1 aromatic rings. The average molecular weight is 322 g/mol. The van der Waals surface area contributed by atoms with Crippen LogP contribution in [0.5, 0.6) is 0 Å². The highest BCUT2D eigenvalue weighted by atomic mass is 35.5. The van der Waals surface area contributed by atoms with E-state index in [4.69, 9.17) is 23.1 Å². The van der Waals surface area contributed by atoms with Crippen molar-refractivity contribution in [1.29, 1.82) is 0 Å². The summed E-state index contributed by atoms with van der Waals surface area (Å²) in [6, 6.07) is 2.74. The molecule has 1 atom stereocenters. The summed E-state index contributed by atoms with van der Waals surface area (Å²) in [6.45, 7) is 0.143. The number of hydrogen-bond acceptors (Lipinski definition) is 3. The molecule has 0 spiro atoms. The van der Waals surface area contributed by atoms with Crippen LogP contribution in [0.15, 0.2) is 12.1 Å². The summed E-state index contributed by atoms with van der Waals surface area (Å²) < 4.78 is 38.6. The molecule has 1 heterocycles. The fourth-order valence-electron chi connectivity index (χ4n) is 2.58. The van der Waals surface area contributed by atoms with Crippen LogP contribution in [0.1, 0.15) is 23.2 Å². The molecule has 8 heteroatoms. The second-order valence-electron chi connectivity index (χ2n) is 5.09. The maximum Gasteiger partial charge on any atom is 0.393 e. The molecular formula is C13H15ClF3N3O. The second-order valence-corrected chi connectivity index (χ2v) is 5.50. The zero-order valence-electron chi connectivity index (χ0n) is 11.1. The van der Waals surface area contributed by atoms with Crippen LogP contribution in [0.2, 0.25) is 5.02 Å². The SMILES string of the molecule is NC(=O)c1cc(N)cc(Cl)c1N1CCCC(C(F)(F)F)C1. The number of halogens is 4. The van der Waals surface area contributed by atoms with Gasteiger partial charge in [0.2, 0.25) is 0 Å². The van der Waals surface area contributed by atoms with Crippen molar-refractivity contribution in [3.05, 3.63) is 22.7 Å². The van der Waals surface area contributed by atoms with Crippen LogP contribution in [0.4, 0.5) is 24.5 Å². The fraction of sp³-hybridized carbons (Fsp3) is 0.462. The molecule has 0 radical (unpaired) electrons. The van der Waals surface area contributed by atoms with Gasteiger partial charge < -0.3 is 16.4 Å². The molecule has 1 aliphatic rings. The van der Waals surface area contributed by atoms with Gasteiger partial charge in [0.1, 0.15) is 0 Å². The Kier molecular flexibility index (Phi) is 4.22. The number of anilines is 2. The zero-order valence-corrected chi connectivity index (χ0v) is 11.8. The molecule has 21 heavy (non-hydrogen) atoms. The standard InChI is InChI=1S/C13H15ClF3N3O/c14-10-5-8(18)4-9(12(19)21)11(10)20-3-1-2-7(6-20)13(15,16)17/h4-5,7H,1-3,6,18H2,(H2,19,21). The molecule has 4 nitrogen and oxygen atoms in total. The minimum Gasteiger partial charge on any atom is -0.399 e. The summed E-state index contributed by atoms with van der Waals surface area (Å²) in [4.78, 5) is 13.0. The molecule has 1 amide bonds. The van der Waals surface area contributed by atoms with Crippen LogP contribution in [0, 0.1) is 5.92 Å². The Hall–Kier alpha value is -1.63. The Morgan fingerprint density at radius 1 is 1.38 bits per heavy atom. The number of piperidine rings is 1. The van der Waals surface area contributed by atoms with Crippen LogP contribution in [-0.4, -0.2) is 25.2 Å². The van der Waals surface area contributed by atoms with E-state index in [0.717, 1.165) is 0 Å². The summed E-state index contributed by atoms with van der Waals surface area (Å²) in [6.07, 6.45) is -3.84. The van der Waals surface area contributed by atoms with Gasteiger partial charge in [-0.05, 0) is 25.0 Å². The molecule has 0 bridgehead atoms. The van der Waals surface area contributed by atoms with E-state index in [-0.39, 0.29) is 34.9 Å². The van der Waals surface area contributed by atoms with Crippen LogP contribution >= 0.6 is 11.6 Å². The third kappa shape index (κ3) is 3.34. The summed E-state index contributed by atoms with van der Waals surface area (Å²) in [7, 11) is 0. The predicted molar refractivity (Wildman–Crippen MR) is 75.4 cm³/mol. The van der Waals surface area contributed by atoms with Crippen molar-refractivity contribution in [3.63, 3.8) is 0 Å². The van der Waals surface area contributed by atoms with Gasteiger partial charge in [0.05, 0.1) is 22.2 Å². The minimum atomic E-state index is -4.27. The van der Waals surface area contributed by atoms with Crippen molar-refractivity contribution in [2.24, 2.45) is 11.7 Å². The highest BCUT2D eigenvalue weighted by Crippen LogP contribution is 2.39. The molecule has 1 fully saturated rings. The Bertz CT molecular complexity index is 562. The lowest BCUT2D eigenvalue weighted by Crippen LogP contribution is -2.42. The van der Waals surface area contributed by atoms with E-state index in [2.05, 4.69) is 0 Å². The van der Waals surface area contributed by atoms with E-state index >= 15 is 0 Å². The number of benzene rings is 1. The molecular weight excluding hydrogens is 307 g/mol. The highest BCUT2D eigenvalue weighted by Gasteiger charge is 2.42. The molecule has 116 valence electrons. The van der Waals surface area contributed by atoms with Crippen LogP contribution in [-0.2, 0) is 0 Å². The van der Waals surface area contributed by atoms with Crippen molar-refractivity contribution >= 4 is 28.9 Å². The van der Waals surface area contributed by atoms with Gasteiger partial charge in [-0.1, -0.05) is 11.6 Å². The highest BCUT2D eigenvalue weighted by molar-refractivity contribution is 6.34. The van der Waals surface area contributed by atoms with Gasteiger partial charge in [-0.25, -0.2) is 0 Å². The van der Waals surface area contributed by atoms with Gasteiger partial charge in [-0.2, -0.15) is 13.2 Å². The first-order chi connectivity index (χ1) is 9.70. The van der Waals surface area contributed by atoms with Crippen molar-refractivity contribution in [3.8, 4) is 0 Å². The number of amides is 1. The van der Waals surface area contributed by atoms with E-state index in [0.29, 0.717) is 13.0 Å². The Morgan fingerprint density at radius 2 is 2.05 bits per heavy atom. The molecule has 2 rings (SSSR count). The first-order valence-corrected chi connectivity index (χ1v) is 6.78. The first kappa shape index (κ1) is 15.8. The molecule has 1 aliphatic heterocycles. The largest absolute Gasteiger partial charge is 0.399 e. The van der Waals surface area contributed by atoms with Gasteiger partial charge in [-0.15, -0.1) is 0 Å². The van der Waals surface area contributed by atoms with Gasteiger partial charge >= 0.3 is 6.18 Å². The molecule has 4 N–H and O–H groups in total.